The number of nitrogens with zero attached hydrogens (tertiary/aromatic N) is 1. The highest BCUT2D eigenvalue weighted by Crippen LogP contribution is 2.17. The zero-order valence-corrected chi connectivity index (χ0v) is 12.0. The minimum atomic E-state index is -0.666. The summed E-state index contributed by atoms with van der Waals surface area (Å²) >= 11 is 0. The zero-order valence-electron chi connectivity index (χ0n) is 11.1. The number of halogens is 3. The quantitative estimate of drug-likeness (QED) is 0.930. The van der Waals surface area contributed by atoms with Gasteiger partial charge in [0.2, 0.25) is 5.91 Å². The van der Waals surface area contributed by atoms with E-state index in [1.54, 1.807) is 4.90 Å². The molecule has 1 unspecified atom stereocenters. The molecule has 1 amide bonds. The third-order valence-electron chi connectivity index (χ3n) is 3.56. The van der Waals surface area contributed by atoms with Gasteiger partial charge in [-0.3, -0.25) is 4.79 Å². The Hall–Kier alpha value is -1.20. The topological polar surface area (TPSA) is 46.3 Å². The Labute approximate surface area is 123 Å². The number of hydrogen-bond acceptors (Lipinski definition) is 2. The van der Waals surface area contributed by atoms with Crippen LogP contribution < -0.4 is 5.73 Å². The molecule has 1 atom stereocenters. The third kappa shape index (κ3) is 4.15. The van der Waals surface area contributed by atoms with Gasteiger partial charge >= 0.3 is 0 Å². The van der Waals surface area contributed by atoms with Crippen LogP contribution in [0.15, 0.2) is 18.2 Å². The fourth-order valence-corrected chi connectivity index (χ4v) is 2.42. The molecule has 0 radical (unpaired) electrons. The average molecular weight is 305 g/mol. The summed E-state index contributed by atoms with van der Waals surface area (Å²) in [6, 6.07) is 3.30. The molecule has 0 aliphatic carbocycles. The second-order valence-electron chi connectivity index (χ2n) is 5.00. The monoisotopic (exact) mass is 304 g/mol. The van der Waals surface area contributed by atoms with E-state index in [0.29, 0.717) is 25.6 Å². The number of amides is 1. The van der Waals surface area contributed by atoms with Crippen molar-refractivity contribution in [3.63, 3.8) is 0 Å². The van der Waals surface area contributed by atoms with Gasteiger partial charge in [-0.2, -0.15) is 0 Å². The number of likely N-dealkylation sites (tertiary alicyclic amines) is 1. The minimum Gasteiger partial charge on any atom is -0.342 e. The summed E-state index contributed by atoms with van der Waals surface area (Å²) in [7, 11) is 0. The molecular weight excluding hydrogens is 286 g/mol. The summed E-state index contributed by atoms with van der Waals surface area (Å²) in [4.78, 5) is 13.8. The number of carbonyl (C=O) groups excluding carboxylic acids is 1. The molecule has 1 saturated heterocycles. The van der Waals surface area contributed by atoms with Crippen molar-refractivity contribution in [2.75, 3.05) is 19.6 Å². The Morgan fingerprint density at radius 3 is 2.80 bits per heavy atom. The second-order valence-corrected chi connectivity index (χ2v) is 5.00. The van der Waals surface area contributed by atoms with E-state index in [0.717, 1.165) is 18.9 Å². The molecule has 1 aliphatic rings. The third-order valence-corrected chi connectivity index (χ3v) is 3.56. The van der Waals surface area contributed by atoms with Crippen LogP contribution in [0.4, 0.5) is 8.78 Å². The van der Waals surface area contributed by atoms with Gasteiger partial charge in [0.1, 0.15) is 11.6 Å². The first-order valence-electron chi connectivity index (χ1n) is 6.52. The first kappa shape index (κ1) is 16.9. The summed E-state index contributed by atoms with van der Waals surface area (Å²) in [6.45, 7) is 1.89. The van der Waals surface area contributed by atoms with Crippen LogP contribution in [0.5, 0.6) is 0 Å². The van der Waals surface area contributed by atoms with Crippen molar-refractivity contribution in [3.05, 3.63) is 35.4 Å². The minimum absolute atomic E-state index is 0. The van der Waals surface area contributed by atoms with Crippen LogP contribution >= 0.6 is 12.4 Å². The van der Waals surface area contributed by atoms with Gasteiger partial charge in [0.15, 0.2) is 0 Å². The number of piperidine rings is 1. The first-order chi connectivity index (χ1) is 9.10. The highest BCUT2D eigenvalue weighted by atomic mass is 35.5. The fourth-order valence-electron chi connectivity index (χ4n) is 2.42. The lowest BCUT2D eigenvalue weighted by Gasteiger charge is -2.32. The Morgan fingerprint density at radius 1 is 1.40 bits per heavy atom. The average Bonchev–Trinajstić information content (AvgIpc) is 2.42. The molecule has 2 rings (SSSR count). The Kier molecular flexibility index (Phi) is 6.36. The second kappa shape index (κ2) is 7.55. The van der Waals surface area contributed by atoms with E-state index >= 15 is 0 Å². The van der Waals surface area contributed by atoms with Crippen LogP contribution in [0, 0.1) is 17.6 Å². The number of hydrogen-bond donors (Lipinski definition) is 1. The van der Waals surface area contributed by atoms with Gasteiger partial charge < -0.3 is 10.6 Å². The Bertz CT molecular complexity index is 470. The SMILES string of the molecule is Cl.NCC1CCCN(C(=O)Cc2ccc(F)cc2F)C1. The molecule has 1 aromatic carbocycles. The molecule has 1 heterocycles. The van der Waals surface area contributed by atoms with E-state index in [2.05, 4.69) is 0 Å². The molecule has 3 nitrogen and oxygen atoms in total. The maximum Gasteiger partial charge on any atom is 0.227 e. The van der Waals surface area contributed by atoms with Crippen molar-refractivity contribution >= 4 is 18.3 Å². The van der Waals surface area contributed by atoms with Gasteiger partial charge in [0, 0.05) is 19.2 Å². The van der Waals surface area contributed by atoms with Crippen molar-refractivity contribution in [1.82, 2.24) is 4.90 Å². The molecule has 1 fully saturated rings. The van der Waals surface area contributed by atoms with Crippen molar-refractivity contribution in [2.45, 2.75) is 19.3 Å². The van der Waals surface area contributed by atoms with Crippen LogP contribution in [0.1, 0.15) is 18.4 Å². The number of rotatable bonds is 3. The van der Waals surface area contributed by atoms with E-state index < -0.39 is 11.6 Å². The molecule has 1 aromatic rings. The van der Waals surface area contributed by atoms with E-state index in [1.807, 2.05) is 0 Å². The van der Waals surface area contributed by atoms with Crippen LogP contribution in [0.25, 0.3) is 0 Å². The lowest BCUT2D eigenvalue weighted by atomic mass is 9.97. The summed E-state index contributed by atoms with van der Waals surface area (Å²) in [6.07, 6.45) is 1.94. The summed E-state index contributed by atoms with van der Waals surface area (Å²) < 4.78 is 26.3. The summed E-state index contributed by atoms with van der Waals surface area (Å²) in [5, 5.41) is 0. The number of benzene rings is 1. The maximum atomic E-state index is 13.5. The fraction of sp³-hybridized carbons (Fsp3) is 0.500. The van der Waals surface area contributed by atoms with Crippen LogP contribution in [-0.2, 0) is 11.2 Å². The smallest absolute Gasteiger partial charge is 0.227 e. The van der Waals surface area contributed by atoms with Gasteiger partial charge in [-0.05, 0) is 36.9 Å². The van der Waals surface area contributed by atoms with Gasteiger partial charge in [0.05, 0.1) is 6.42 Å². The van der Waals surface area contributed by atoms with E-state index in [-0.39, 0.29) is 30.3 Å². The molecule has 2 N–H and O–H groups in total. The van der Waals surface area contributed by atoms with E-state index in [1.165, 1.54) is 12.1 Å². The van der Waals surface area contributed by atoms with Gasteiger partial charge in [-0.1, -0.05) is 6.07 Å². The molecule has 0 saturated carbocycles. The molecular formula is C14H19ClF2N2O. The molecule has 112 valence electrons. The lowest BCUT2D eigenvalue weighted by molar-refractivity contribution is -0.132. The predicted molar refractivity (Wildman–Crippen MR) is 75.7 cm³/mol. The summed E-state index contributed by atoms with van der Waals surface area (Å²) in [5.41, 5.74) is 5.86. The van der Waals surface area contributed by atoms with Crippen molar-refractivity contribution in [1.29, 1.82) is 0 Å². The predicted octanol–water partition coefficient (Wildman–Crippen LogP) is 2.13. The standard InChI is InChI=1S/C14H18F2N2O.ClH/c15-12-4-3-11(13(16)7-12)6-14(19)18-5-1-2-10(8-17)9-18;/h3-4,7,10H,1-2,5-6,8-9,17H2;1H. The van der Waals surface area contributed by atoms with Crippen LogP contribution in [-0.4, -0.2) is 30.4 Å². The van der Waals surface area contributed by atoms with E-state index in [9.17, 15) is 13.6 Å². The molecule has 0 aromatic heterocycles. The molecule has 6 heteroatoms. The zero-order chi connectivity index (χ0) is 13.8. The highest BCUT2D eigenvalue weighted by molar-refractivity contribution is 5.85. The Morgan fingerprint density at radius 2 is 2.15 bits per heavy atom. The van der Waals surface area contributed by atoms with Gasteiger partial charge in [-0.25, -0.2) is 8.78 Å². The largest absolute Gasteiger partial charge is 0.342 e. The molecule has 0 bridgehead atoms. The van der Waals surface area contributed by atoms with Crippen LogP contribution in [0.2, 0.25) is 0 Å². The van der Waals surface area contributed by atoms with Gasteiger partial charge in [-0.15, -0.1) is 12.4 Å². The molecule has 20 heavy (non-hydrogen) atoms. The highest BCUT2D eigenvalue weighted by Gasteiger charge is 2.23. The Balaban J connectivity index is 0.00000200. The van der Waals surface area contributed by atoms with Crippen molar-refractivity contribution in [2.24, 2.45) is 11.7 Å². The normalized spacial score (nSPS) is 18.6. The van der Waals surface area contributed by atoms with Crippen LogP contribution in [0.3, 0.4) is 0 Å². The molecule has 1 aliphatic heterocycles. The van der Waals surface area contributed by atoms with Crippen molar-refractivity contribution in [3.8, 4) is 0 Å². The first-order valence-corrected chi connectivity index (χ1v) is 6.52. The lowest BCUT2D eigenvalue weighted by Crippen LogP contribution is -2.42. The van der Waals surface area contributed by atoms with E-state index in [4.69, 9.17) is 5.73 Å². The summed E-state index contributed by atoms with van der Waals surface area (Å²) in [5.74, 6) is -1.09. The number of nitrogens with two attached hydrogens (primary N) is 1. The van der Waals surface area contributed by atoms with Gasteiger partial charge in [0.25, 0.3) is 0 Å². The molecule has 0 spiro atoms. The van der Waals surface area contributed by atoms with Crippen molar-refractivity contribution < 1.29 is 13.6 Å². The number of carbonyl (C=O) groups is 1. The maximum absolute atomic E-state index is 13.5.